The first kappa shape index (κ1) is 18.9. The molecule has 1 aromatic heterocycles. The van der Waals surface area contributed by atoms with E-state index in [9.17, 15) is 4.79 Å². The molecule has 0 atom stereocenters. The molecular weight excluding hydrogens is 348 g/mol. The first-order valence-corrected chi connectivity index (χ1v) is 10.7. The highest BCUT2D eigenvalue weighted by Gasteiger charge is 2.25. The molecule has 0 bridgehead atoms. The number of hydrogen-bond donors (Lipinski definition) is 0. The third kappa shape index (κ3) is 4.18. The third-order valence-corrected chi connectivity index (χ3v) is 6.07. The molecule has 148 valence electrons. The van der Waals surface area contributed by atoms with Crippen LogP contribution in [-0.2, 0) is 17.8 Å². The van der Waals surface area contributed by atoms with E-state index in [-0.39, 0.29) is 5.91 Å². The summed E-state index contributed by atoms with van der Waals surface area (Å²) in [7, 11) is 0. The Hall–Kier alpha value is -2.43. The molecule has 0 spiro atoms. The molecule has 5 heteroatoms. The zero-order chi connectivity index (χ0) is 19.3. The molecule has 2 aliphatic heterocycles. The van der Waals surface area contributed by atoms with E-state index in [1.165, 1.54) is 5.56 Å². The molecule has 0 unspecified atom stereocenters. The Kier molecular flexibility index (Phi) is 5.89. The zero-order valence-corrected chi connectivity index (χ0v) is 16.8. The quantitative estimate of drug-likeness (QED) is 0.791. The van der Waals surface area contributed by atoms with Gasteiger partial charge in [-0.3, -0.25) is 4.79 Å². The van der Waals surface area contributed by atoms with Crippen molar-refractivity contribution in [2.24, 2.45) is 0 Å². The Balaban J connectivity index is 1.37. The number of hydrogen-bond acceptors (Lipinski definition) is 4. The van der Waals surface area contributed by atoms with Crippen LogP contribution in [0.15, 0.2) is 36.5 Å². The van der Waals surface area contributed by atoms with Crippen molar-refractivity contribution in [3.63, 3.8) is 0 Å². The van der Waals surface area contributed by atoms with Crippen molar-refractivity contribution in [3.05, 3.63) is 53.3 Å². The molecular formula is C23H30N4O. The van der Waals surface area contributed by atoms with Crippen LogP contribution in [0.1, 0.15) is 61.8 Å². The molecule has 5 nitrogen and oxygen atoms in total. The van der Waals surface area contributed by atoms with Gasteiger partial charge >= 0.3 is 0 Å². The van der Waals surface area contributed by atoms with Crippen LogP contribution in [0.2, 0.25) is 0 Å². The minimum Gasteiger partial charge on any atom is -0.341 e. The van der Waals surface area contributed by atoms with E-state index in [0.717, 1.165) is 68.9 Å². The minimum atomic E-state index is 0.263. The second-order valence-corrected chi connectivity index (χ2v) is 7.98. The Morgan fingerprint density at radius 2 is 1.93 bits per heavy atom. The minimum absolute atomic E-state index is 0.263. The molecule has 28 heavy (non-hydrogen) atoms. The number of aromatic nitrogens is 2. The molecule has 1 amide bonds. The van der Waals surface area contributed by atoms with Crippen LogP contribution in [0.25, 0.3) is 0 Å². The maximum Gasteiger partial charge on any atom is 0.225 e. The fourth-order valence-corrected chi connectivity index (χ4v) is 4.30. The van der Waals surface area contributed by atoms with Crippen molar-refractivity contribution in [2.45, 2.75) is 57.9 Å². The highest BCUT2D eigenvalue weighted by molar-refractivity contribution is 5.76. The monoisotopic (exact) mass is 378 g/mol. The van der Waals surface area contributed by atoms with Gasteiger partial charge in [-0.1, -0.05) is 43.7 Å². The summed E-state index contributed by atoms with van der Waals surface area (Å²) in [5.41, 5.74) is 3.68. The van der Waals surface area contributed by atoms with Gasteiger partial charge in [0.05, 0.1) is 5.69 Å². The second-order valence-electron chi connectivity index (χ2n) is 7.98. The zero-order valence-electron chi connectivity index (χ0n) is 16.8. The number of benzene rings is 1. The predicted molar refractivity (Wildman–Crippen MR) is 111 cm³/mol. The predicted octanol–water partition coefficient (Wildman–Crippen LogP) is 3.94. The number of piperidine rings is 1. The molecule has 2 aromatic rings. The maximum absolute atomic E-state index is 12.3. The Bertz CT molecular complexity index is 800. The molecule has 2 aliphatic rings. The number of fused-ring (bicyclic) bond motifs is 1. The number of carbonyl (C=O) groups excluding carboxylic acids is 1. The van der Waals surface area contributed by atoms with Gasteiger partial charge in [-0.15, -0.1) is 0 Å². The summed E-state index contributed by atoms with van der Waals surface area (Å²) < 4.78 is 0. The average Bonchev–Trinajstić information content (AvgIpc) is 2.77. The first-order chi connectivity index (χ1) is 13.7. The van der Waals surface area contributed by atoms with Crippen molar-refractivity contribution < 1.29 is 4.79 Å². The number of nitrogens with zero attached hydrogens (tertiary/aromatic N) is 4. The van der Waals surface area contributed by atoms with Gasteiger partial charge < -0.3 is 9.80 Å². The van der Waals surface area contributed by atoms with Crippen molar-refractivity contribution >= 4 is 11.9 Å². The molecule has 1 aromatic carbocycles. The fraction of sp³-hybridized carbons (Fsp3) is 0.522. The summed E-state index contributed by atoms with van der Waals surface area (Å²) in [6.45, 7) is 5.56. The smallest absolute Gasteiger partial charge is 0.225 e. The largest absolute Gasteiger partial charge is 0.341 e. The van der Waals surface area contributed by atoms with Gasteiger partial charge in [-0.25, -0.2) is 9.97 Å². The van der Waals surface area contributed by atoms with Crippen molar-refractivity contribution in [3.8, 4) is 0 Å². The number of unbranched alkanes of at least 4 members (excludes halogenated alkanes) is 1. The van der Waals surface area contributed by atoms with E-state index < -0.39 is 0 Å². The molecule has 1 saturated heterocycles. The van der Waals surface area contributed by atoms with Gasteiger partial charge in [0.25, 0.3) is 0 Å². The standard InChI is InChI=1S/C23H30N4O/c1-2-3-9-22(28)27-15-12-21-20(17-27)16-24-23(25-21)26-13-10-19(11-14-26)18-7-5-4-6-8-18/h4-8,16,19H,2-3,9-15,17H2,1H3. The molecule has 3 heterocycles. The Morgan fingerprint density at radius 3 is 2.68 bits per heavy atom. The van der Waals surface area contributed by atoms with E-state index in [0.29, 0.717) is 18.9 Å². The van der Waals surface area contributed by atoms with Gasteiger partial charge in [-0.2, -0.15) is 0 Å². The molecule has 0 saturated carbocycles. The SMILES string of the molecule is CCCCC(=O)N1CCc2nc(N3CCC(c4ccccc4)CC3)ncc2C1. The third-order valence-electron chi connectivity index (χ3n) is 6.07. The van der Waals surface area contributed by atoms with Crippen LogP contribution < -0.4 is 4.90 Å². The molecule has 0 radical (unpaired) electrons. The van der Waals surface area contributed by atoms with Crippen LogP contribution in [-0.4, -0.2) is 40.4 Å². The first-order valence-electron chi connectivity index (χ1n) is 10.7. The van der Waals surface area contributed by atoms with E-state index in [1.54, 1.807) is 0 Å². The summed E-state index contributed by atoms with van der Waals surface area (Å²) in [6, 6.07) is 10.8. The van der Waals surface area contributed by atoms with Gasteiger partial charge in [0.2, 0.25) is 11.9 Å². The topological polar surface area (TPSA) is 49.3 Å². The van der Waals surface area contributed by atoms with Gasteiger partial charge in [0, 0.05) is 50.8 Å². The second kappa shape index (κ2) is 8.72. The number of carbonyl (C=O) groups is 1. The highest BCUT2D eigenvalue weighted by Crippen LogP contribution is 2.29. The van der Waals surface area contributed by atoms with Crippen molar-refractivity contribution in [1.82, 2.24) is 14.9 Å². The fourth-order valence-electron chi connectivity index (χ4n) is 4.30. The Morgan fingerprint density at radius 1 is 1.14 bits per heavy atom. The summed E-state index contributed by atoms with van der Waals surface area (Å²) in [5, 5.41) is 0. The number of amides is 1. The van der Waals surface area contributed by atoms with E-state index >= 15 is 0 Å². The van der Waals surface area contributed by atoms with E-state index in [4.69, 9.17) is 4.98 Å². The van der Waals surface area contributed by atoms with Crippen LogP contribution in [0.5, 0.6) is 0 Å². The lowest BCUT2D eigenvalue weighted by Crippen LogP contribution is -2.37. The van der Waals surface area contributed by atoms with E-state index in [2.05, 4.69) is 47.1 Å². The summed E-state index contributed by atoms with van der Waals surface area (Å²) in [6.07, 6.45) is 7.75. The normalized spacial score (nSPS) is 17.5. The molecule has 1 fully saturated rings. The average molecular weight is 379 g/mol. The lowest BCUT2D eigenvalue weighted by Gasteiger charge is -2.33. The van der Waals surface area contributed by atoms with Crippen LogP contribution in [0.4, 0.5) is 5.95 Å². The lowest BCUT2D eigenvalue weighted by molar-refractivity contribution is -0.132. The molecule has 4 rings (SSSR count). The van der Waals surface area contributed by atoms with Crippen LogP contribution in [0, 0.1) is 0 Å². The summed E-state index contributed by atoms with van der Waals surface area (Å²) in [5.74, 6) is 1.76. The van der Waals surface area contributed by atoms with Crippen LogP contribution in [0.3, 0.4) is 0 Å². The molecule has 0 aliphatic carbocycles. The summed E-state index contributed by atoms with van der Waals surface area (Å²) in [4.78, 5) is 26.1. The van der Waals surface area contributed by atoms with Gasteiger partial charge in [0.15, 0.2) is 0 Å². The van der Waals surface area contributed by atoms with E-state index in [1.807, 2.05) is 11.1 Å². The van der Waals surface area contributed by atoms with Gasteiger partial charge in [-0.05, 0) is 30.7 Å². The van der Waals surface area contributed by atoms with Gasteiger partial charge in [0.1, 0.15) is 0 Å². The Labute approximate surface area is 167 Å². The van der Waals surface area contributed by atoms with Crippen LogP contribution >= 0.6 is 0 Å². The van der Waals surface area contributed by atoms with Crippen molar-refractivity contribution in [2.75, 3.05) is 24.5 Å². The number of rotatable bonds is 5. The number of anilines is 1. The summed E-state index contributed by atoms with van der Waals surface area (Å²) >= 11 is 0. The molecule has 0 N–H and O–H groups in total. The maximum atomic E-state index is 12.3. The highest BCUT2D eigenvalue weighted by atomic mass is 16.2. The van der Waals surface area contributed by atoms with Crippen molar-refractivity contribution in [1.29, 1.82) is 0 Å². The lowest BCUT2D eigenvalue weighted by atomic mass is 9.90.